The maximum atomic E-state index is 12.4. The maximum absolute atomic E-state index is 12.4. The molecule has 1 aromatic heterocycles. The van der Waals surface area contributed by atoms with E-state index in [1.54, 1.807) is 11.3 Å². The average Bonchev–Trinajstić information content (AvgIpc) is 3.04. The van der Waals surface area contributed by atoms with E-state index in [4.69, 9.17) is 4.74 Å². The molecule has 3 rings (SSSR count). The van der Waals surface area contributed by atoms with Crippen LogP contribution in [0.2, 0.25) is 0 Å². The van der Waals surface area contributed by atoms with Gasteiger partial charge in [0.15, 0.2) is 0 Å². The van der Waals surface area contributed by atoms with Gasteiger partial charge in [-0.3, -0.25) is 4.79 Å². The van der Waals surface area contributed by atoms with Crippen molar-refractivity contribution >= 4 is 33.4 Å². The molecule has 1 saturated carbocycles. The second-order valence-corrected chi connectivity index (χ2v) is 7.73. The van der Waals surface area contributed by atoms with Crippen LogP contribution < -0.4 is 5.32 Å². The Hall–Kier alpha value is -1.95. The van der Waals surface area contributed by atoms with Crippen molar-refractivity contribution in [2.45, 2.75) is 56.9 Å². The molecule has 1 fully saturated rings. The first-order valence-corrected chi connectivity index (χ1v) is 9.68. The predicted octanol–water partition coefficient (Wildman–Crippen LogP) is 3.61. The lowest BCUT2D eigenvalue weighted by atomic mass is 9.81. The summed E-state index contributed by atoms with van der Waals surface area (Å²) >= 11 is 1.68. The van der Waals surface area contributed by atoms with E-state index in [0.717, 1.165) is 42.6 Å². The fourth-order valence-electron chi connectivity index (χ4n) is 3.49. The molecular weight excluding hydrogens is 336 g/mol. The van der Waals surface area contributed by atoms with Crippen LogP contribution in [-0.4, -0.2) is 29.5 Å². The predicted molar refractivity (Wildman–Crippen MR) is 98.5 cm³/mol. The number of nitrogens with one attached hydrogen (secondary N) is 1. The Bertz CT molecular complexity index is 717. The summed E-state index contributed by atoms with van der Waals surface area (Å²) < 4.78 is 6.11. The highest BCUT2D eigenvalue weighted by molar-refractivity contribution is 7.18. The van der Waals surface area contributed by atoms with Crippen molar-refractivity contribution in [3.05, 3.63) is 29.3 Å². The molecule has 1 aliphatic carbocycles. The van der Waals surface area contributed by atoms with Gasteiger partial charge in [0.25, 0.3) is 0 Å². The molecule has 0 aliphatic heterocycles. The lowest BCUT2D eigenvalue weighted by Crippen LogP contribution is -2.56. The molecule has 0 unspecified atom stereocenters. The fourth-order valence-corrected chi connectivity index (χ4v) is 4.50. The number of thiazole rings is 1. The zero-order chi connectivity index (χ0) is 17.7. The number of hydrogen-bond donors (Lipinski definition) is 1. The molecule has 6 heteroatoms. The van der Waals surface area contributed by atoms with Crippen LogP contribution in [0.5, 0.6) is 0 Å². The number of amides is 1. The average molecular weight is 360 g/mol. The fraction of sp³-hybridized carbons (Fsp3) is 0.526. The van der Waals surface area contributed by atoms with Gasteiger partial charge in [-0.25, -0.2) is 9.78 Å². The number of esters is 1. The minimum absolute atomic E-state index is 0.0755. The molecule has 0 bridgehead atoms. The summed E-state index contributed by atoms with van der Waals surface area (Å²) in [5.41, 5.74) is 0.193. The third-order valence-corrected chi connectivity index (χ3v) is 5.89. The minimum atomic E-state index is -0.819. The number of para-hydroxylation sites is 1. The van der Waals surface area contributed by atoms with Crippen molar-refractivity contribution in [1.29, 1.82) is 0 Å². The zero-order valence-electron chi connectivity index (χ0n) is 14.5. The monoisotopic (exact) mass is 360 g/mol. The van der Waals surface area contributed by atoms with Gasteiger partial charge < -0.3 is 10.1 Å². The van der Waals surface area contributed by atoms with Crippen LogP contribution in [-0.2, 0) is 20.7 Å². The first-order valence-electron chi connectivity index (χ1n) is 8.87. The van der Waals surface area contributed by atoms with E-state index >= 15 is 0 Å². The molecule has 1 amide bonds. The number of aryl methyl sites for hydroxylation is 1. The minimum Gasteiger partial charge on any atom is -0.467 e. The molecule has 1 heterocycles. The number of rotatable bonds is 6. The molecule has 5 nitrogen and oxygen atoms in total. The van der Waals surface area contributed by atoms with Gasteiger partial charge in [-0.1, -0.05) is 31.4 Å². The van der Waals surface area contributed by atoms with Gasteiger partial charge in [0.1, 0.15) is 5.54 Å². The van der Waals surface area contributed by atoms with Crippen LogP contribution >= 0.6 is 11.3 Å². The summed E-state index contributed by atoms with van der Waals surface area (Å²) in [7, 11) is 1.39. The third kappa shape index (κ3) is 4.18. The summed E-state index contributed by atoms with van der Waals surface area (Å²) in [4.78, 5) is 29.1. The summed E-state index contributed by atoms with van der Waals surface area (Å²) in [6.07, 6.45) is 6.23. The molecule has 1 aliphatic rings. The van der Waals surface area contributed by atoms with Gasteiger partial charge in [-0.15, -0.1) is 11.3 Å². The van der Waals surface area contributed by atoms with Gasteiger partial charge in [-0.05, 0) is 37.8 Å². The lowest BCUT2D eigenvalue weighted by molar-refractivity contribution is -0.152. The van der Waals surface area contributed by atoms with Crippen molar-refractivity contribution in [2.75, 3.05) is 7.11 Å². The normalized spacial score (nSPS) is 16.5. The Labute approximate surface area is 151 Å². The first kappa shape index (κ1) is 17.9. The van der Waals surface area contributed by atoms with E-state index in [2.05, 4.69) is 16.4 Å². The Morgan fingerprint density at radius 2 is 2.00 bits per heavy atom. The molecule has 1 N–H and O–H groups in total. The van der Waals surface area contributed by atoms with Crippen LogP contribution in [0, 0.1) is 0 Å². The largest absolute Gasteiger partial charge is 0.467 e. The Balaban J connectivity index is 1.53. The van der Waals surface area contributed by atoms with E-state index in [1.165, 1.54) is 11.8 Å². The number of aromatic nitrogens is 1. The standard InChI is InChI=1S/C19H24N2O3S/c1-24-18(23)19(12-5-2-6-13-19)21-16(22)10-7-11-17-20-14-8-3-4-9-15(14)25-17/h3-4,8-9H,2,5-7,10-13H2,1H3,(H,21,22). The summed E-state index contributed by atoms with van der Waals surface area (Å²) in [6.45, 7) is 0. The van der Waals surface area contributed by atoms with Gasteiger partial charge in [0, 0.05) is 6.42 Å². The molecule has 0 spiro atoms. The van der Waals surface area contributed by atoms with Crippen LogP contribution in [0.4, 0.5) is 0 Å². The molecule has 0 radical (unpaired) electrons. The number of hydrogen-bond acceptors (Lipinski definition) is 5. The molecular formula is C19H24N2O3S. The van der Waals surface area contributed by atoms with Crippen LogP contribution in [0.1, 0.15) is 50.0 Å². The zero-order valence-corrected chi connectivity index (χ0v) is 15.4. The number of nitrogens with zero attached hydrogens (tertiary/aromatic N) is 1. The van der Waals surface area contributed by atoms with E-state index in [-0.39, 0.29) is 11.9 Å². The van der Waals surface area contributed by atoms with E-state index < -0.39 is 5.54 Å². The summed E-state index contributed by atoms with van der Waals surface area (Å²) in [5, 5.41) is 4.02. The topological polar surface area (TPSA) is 68.3 Å². The quantitative estimate of drug-likeness (QED) is 0.799. The summed E-state index contributed by atoms with van der Waals surface area (Å²) in [5.74, 6) is -0.389. The smallest absolute Gasteiger partial charge is 0.331 e. The molecule has 0 atom stereocenters. The highest BCUT2D eigenvalue weighted by Crippen LogP contribution is 2.29. The van der Waals surface area contributed by atoms with E-state index in [0.29, 0.717) is 19.3 Å². The van der Waals surface area contributed by atoms with E-state index in [1.807, 2.05) is 18.2 Å². The first-order chi connectivity index (χ1) is 12.1. The number of carbonyl (C=O) groups is 2. The molecule has 25 heavy (non-hydrogen) atoms. The number of ether oxygens (including phenoxy) is 1. The Morgan fingerprint density at radius 3 is 2.72 bits per heavy atom. The second kappa shape index (κ2) is 7.95. The maximum Gasteiger partial charge on any atom is 0.331 e. The van der Waals surface area contributed by atoms with Crippen molar-refractivity contribution in [2.24, 2.45) is 0 Å². The SMILES string of the molecule is COC(=O)C1(NC(=O)CCCc2nc3ccccc3s2)CCCCC1. The number of methoxy groups -OCH3 is 1. The second-order valence-electron chi connectivity index (χ2n) is 6.61. The van der Waals surface area contributed by atoms with Crippen molar-refractivity contribution in [1.82, 2.24) is 10.3 Å². The summed E-state index contributed by atoms with van der Waals surface area (Å²) in [6, 6.07) is 8.06. The third-order valence-electron chi connectivity index (χ3n) is 4.79. The molecule has 1 aromatic carbocycles. The molecule has 2 aromatic rings. The van der Waals surface area contributed by atoms with Gasteiger partial charge in [0.2, 0.25) is 5.91 Å². The molecule has 134 valence electrons. The van der Waals surface area contributed by atoms with Crippen molar-refractivity contribution < 1.29 is 14.3 Å². The Morgan fingerprint density at radius 1 is 1.24 bits per heavy atom. The van der Waals surface area contributed by atoms with Gasteiger partial charge in [-0.2, -0.15) is 0 Å². The Kier molecular flexibility index (Phi) is 5.68. The highest BCUT2D eigenvalue weighted by Gasteiger charge is 2.41. The van der Waals surface area contributed by atoms with E-state index in [9.17, 15) is 9.59 Å². The highest BCUT2D eigenvalue weighted by atomic mass is 32.1. The van der Waals surface area contributed by atoms with Gasteiger partial charge in [0.05, 0.1) is 22.3 Å². The number of benzene rings is 1. The number of fused-ring (bicyclic) bond motifs is 1. The van der Waals surface area contributed by atoms with Crippen molar-refractivity contribution in [3.63, 3.8) is 0 Å². The van der Waals surface area contributed by atoms with Crippen LogP contribution in [0.25, 0.3) is 10.2 Å². The van der Waals surface area contributed by atoms with Gasteiger partial charge >= 0.3 is 5.97 Å². The molecule has 0 saturated heterocycles. The van der Waals surface area contributed by atoms with Crippen molar-refractivity contribution in [3.8, 4) is 0 Å². The number of carbonyl (C=O) groups excluding carboxylic acids is 2. The lowest BCUT2D eigenvalue weighted by Gasteiger charge is -2.35. The van der Waals surface area contributed by atoms with Crippen LogP contribution in [0.3, 0.4) is 0 Å². The van der Waals surface area contributed by atoms with Crippen LogP contribution in [0.15, 0.2) is 24.3 Å².